The molecule has 0 aliphatic rings. The number of hydrogen-bond acceptors (Lipinski definition) is 3. The van der Waals surface area contributed by atoms with Gasteiger partial charge < -0.3 is 16.4 Å². The molecule has 0 fully saturated rings. The lowest BCUT2D eigenvalue weighted by Crippen LogP contribution is -2.48. The summed E-state index contributed by atoms with van der Waals surface area (Å²) in [7, 11) is 4.11. The van der Waals surface area contributed by atoms with Crippen LogP contribution in [0, 0.1) is 0 Å². The molecule has 0 saturated heterocycles. The van der Waals surface area contributed by atoms with Crippen molar-refractivity contribution in [3.63, 3.8) is 0 Å². The standard InChI is InChI=1S/C8H21N3/c1-4-8(9,10)6-5-7-11(2)3/h4-7,9-10H2,1-3H3. The highest BCUT2D eigenvalue weighted by molar-refractivity contribution is 4.74. The topological polar surface area (TPSA) is 55.3 Å². The van der Waals surface area contributed by atoms with Crippen molar-refractivity contribution in [3.05, 3.63) is 0 Å². The smallest absolute Gasteiger partial charge is 0.0634 e. The molecular formula is C8H21N3. The molecule has 0 saturated carbocycles. The molecule has 3 heteroatoms. The minimum Gasteiger partial charge on any atom is -0.314 e. The summed E-state index contributed by atoms with van der Waals surface area (Å²) in [5.41, 5.74) is 11.1. The highest BCUT2D eigenvalue weighted by Gasteiger charge is 2.14. The second-order valence-electron chi connectivity index (χ2n) is 3.49. The summed E-state index contributed by atoms with van der Waals surface area (Å²) in [6.07, 6.45) is 2.83. The van der Waals surface area contributed by atoms with Gasteiger partial charge in [0.25, 0.3) is 0 Å². The molecule has 0 aromatic rings. The Balaban J connectivity index is 3.38. The third kappa shape index (κ3) is 6.28. The minimum absolute atomic E-state index is 0.448. The van der Waals surface area contributed by atoms with Crippen molar-refractivity contribution in [2.75, 3.05) is 20.6 Å². The zero-order chi connectivity index (χ0) is 8.91. The monoisotopic (exact) mass is 159 g/mol. The Morgan fingerprint density at radius 2 is 1.82 bits per heavy atom. The van der Waals surface area contributed by atoms with Gasteiger partial charge in [-0.15, -0.1) is 0 Å². The Hall–Kier alpha value is -0.120. The van der Waals surface area contributed by atoms with Crippen LogP contribution in [-0.4, -0.2) is 31.2 Å². The second kappa shape index (κ2) is 4.70. The first kappa shape index (κ1) is 10.9. The molecule has 11 heavy (non-hydrogen) atoms. The summed E-state index contributed by atoms with van der Waals surface area (Å²) < 4.78 is 0. The maximum Gasteiger partial charge on any atom is 0.0634 e. The molecule has 0 aliphatic heterocycles. The van der Waals surface area contributed by atoms with Crippen LogP contribution in [0.5, 0.6) is 0 Å². The highest BCUT2D eigenvalue weighted by Crippen LogP contribution is 2.06. The van der Waals surface area contributed by atoms with Crippen molar-refractivity contribution in [2.45, 2.75) is 31.8 Å². The second-order valence-corrected chi connectivity index (χ2v) is 3.49. The molecule has 0 aromatic carbocycles. The molecule has 0 radical (unpaired) electrons. The van der Waals surface area contributed by atoms with Gasteiger partial charge in [0.05, 0.1) is 5.66 Å². The van der Waals surface area contributed by atoms with E-state index in [9.17, 15) is 0 Å². The normalized spacial score (nSPS) is 12.5. The van der Waals surface area contributed by atoms with Crippen LogP contribution in [0.4, 0.5) is 0 Å². The summed E-state index contributed by atoms with van der Waals surface area (Å²) in [4.78, 5) is 2.14. The maximum atomic E-state index is 5.76. The lowest BCUT2D eigenvalue weighted by atomic mass is 10.0. The van der Waals surface area contributed by atoms with Gasteiger partial charge in [-0.1, -0.05) is 6.92 Å². The first-order valence-electron chi connectivity index (χ1n) is 4.20. The van der Waals surface area contributed by atoms with E-state index in [2.05, 4.69) is 19.0 Å². The van der Waals surface area contributed by atoms with E-state index < -0.39 is 5.66 Å². The van der Waals surface area contributed by atoms with Gasteiger partial charge in [-0.2, -0.15) is 0 Å². The Bertz CT molecular complexity index is 99.5. The Kier molecular flexibility index (Phi) is 4.65. The van der Waals surface area contributed by atoms with Crippen molar-refractivity contribution in [1.29, 1.82) is 0 Å². The fourth-order valence-corrected chi connectivity index (χ4v) is 0.901. The minimum atomic E-state index is -0.448. The molecule has 0 atom stereocenters. The largest absolute Gasteiger partial charge is 0.314 e. The molecule has 0 aromatic heterocycles. The van der Waals surface area contributed by atoms with E-state index in [1.165, 1.54) is 0 Å². The average molecular weight is 159 g/mol. The molecule has 0 amide bonds. The zero-order valence-corrected chi connectivity index (χ0v) is 7.93. The predicted octanol–water partition coefficient (Wildman–Crippen LogP) is 0.352. The van der Waals surface area contributed by atoms with E-state index in [1.807, 2.05) is 6.92 Å². The van der Waals surface area contributed by atoms with Crippen LogP contribution >= 0.6 is 0 Å². The molecular weight excluding hydrogens is 138 g/mol. The zero-order valence-electron chi connectivity index (χ0n) is 7.93. The fraction of sp³-hybridized carbons (Fsp3) is 1.00. The van der Waals surface area contributed by atoms with E-state index >= 15 is 0 Å². The molecule has 0 unspecified atom stereocenters. The molecule has 4 N–H and O–H groups in total. The summed E-state index contributed by atoms with van der Waals surface area (Å²) in [5.74, 6) is 0. The number of hydrogen-bond donors (Lipinski definition) is 2. The number of rotatable bonds is 5. The first-order valence-corrected chi connectivity index (χ1v) is 4.20. The van der Waals surface area contributed by atoms with Gasteiger partial charge in [0, 0.05) is 0 Å². The average Bonchev–Trinajstić information content (AvgIpc) is 1.87. The molecule has 0 spiro atoms. The van der Waals surface area contributed by atoms with Gasteiger partial charge in [-0.05, 0) is 39.9 Å². The summed E-state index contributed by atoms with van der Waals surface area (Å²) in [5, 5.41) is 0. The Labute approximate surface area is 69.7 Å². The molecule has 68 valence electrons. The van der Waals surface area contributed by atoms with E-state index in [4.69, 9.17) is 11.5 Å². The number of nitrogens with zero attached hydrogens (tertiary/aromatic N) is 1. The highest BCUT2D eigenvalue weighted by atomic mass is 15.0. The summed E-state index contributed by atoms with van der Waals surface area (Å²) in [6, 6.07) is 0. The van der Waals surface area contributed by atoms with Crippen molar-refractivity contribution < 1.29 is 0 Å². The SMILES string of the molecule is CCC(N)(N)CCCN(C)C. The lowest BCUT2D eigenvalue weighted by molar-refractivity contribution is 0.333. The number of nitrogens with two attached hydrogens (primary N) is 2. The lowest BCUT2D eigenvalue weighted by Gasteiger charge is -2.23. The molecule has 0 rings (SSSR count). The van der Waals surface area contributed by atoms with Gasteiger partial charge in [0.2, 0.25) is 0 Å². The predicted molar refractivity (Wildman–Crippen MR) is 49.2 cm³/mol. The Morgan fingerprint density at radius 1 is 1.27 bits per heavy atom. The molecule has 0 heterocycles. The summed E-state index contributed by atoms with van der Waals surface area (Å²) in [6.45, 7) is 3.09. The van der Waals surface area contributed by atoms with Crippen LogP contribution in [0.1, 0.15) is 26.2 Å². The fourth-order valence-electron chi connectivity index (χ4n) is 0.901. The van der Waals surface area contributed by atoms with Crippen molar-refractivity contribution in [3.8, 4) is 0 Å². The molecule has 0 aliphatic carbocycles. The third-order valence-corrected chi connectivity index (χ3v) is 1.91. The maximum absolute atomic E-state index is 5.76. The van der Waals surface area contributed by atoms with Crippen LogP contribution in [-0.2, 0) is 0 Å². The third-order valence-electron chi connectivity index (χ3n) is 1.91. The van der Waals surface area contributed by atoms with Crippen LogP contribution in [0.15, 0.2) is 0 Å². The van der Waals surface area contributed by atoms with E-state index in [-0.39, 0.29) is 0 Å². The van der Waals surface area contributed by atoms with Crippen molar-refractivity contribution in [2.24, 2.45) is 11.5 Å². The van der Waals surface area contributed by atoms with Gasteiger partial charge in [0.1, 0.15) is 0 Å². The van der Waals surface area contributed by atoms with Gasteiger partial charge in [0.15, 0.2) is 0 Å². The van der Waals surface area contributed by atoms with Crippen LogP contribution in [0.25, 0.3) is 0 Å². The van der Waals surface area contributed by atoms with E-state index in [1.54, 1.807) is 0 Å². The Morgan fingerprint density at radius 3 is 2.18 bits per heavy atom. The first-order chi connectivity index (χ1) is 4.98. The van der Waals surface area contributed by atoms with Crippen molar-refractivity contribution >= 4 is 0 Å². The van der Waals surface area contributed by atoms with Crippen LogP contribution in [0.3, 0.4) is 0 Å². The summed E-state index contributed by atoms with van der Waals surface area (Å²) >= 11 is 0. The van der Waals surface area contributed by atoms with Gasteiger partial charge in [-0.3, -0.25) is 0 Å². The quantitative estimate of drug-likeness (QED) is 0.569. The van der Waals surface area contributed by atoms with E-state index in [0.717, 1.165) is 25.8 Å². The molecule has 3 nitrogen and oxygen atoms in total. The molecule has 0 bridgehead atoms. The van der Waals surface area contributed by atoms with Gasteiger partial charge in [-0.25, -0.2) is 0 Å². The van der Waals surface area contributed by atoms with Crippen LogP contribution < -0.4 is 11.5 Å². The van der Waals surface area contributed by atoms with Crippen LogP contribution in [0.2, 0.25) is 0 Å². The van der Waals surface area contributed by atoms with Crippen molar-refractivity contribution in [1.82, 2.24) is 4.90 Å². The van der Waals surface area contributed by atoms with E-state index in [0.29, 0.717) is 0 Å². The van der Waals surface area contributed by atoms with Gasteiger partial charge >= 0.3 is 0 Å².